The Bertz CT molecular complexity index is 221. The minimum absolute atomic E-state index is 1.61. The molecule has 0 unspecified atom stereocenters. The van der Waals surface area contributed by atoms with Crippen molar-refractivity contribution in [3.63, 3.8) is 0 Å². The standard InChI is InChI=1S/C11H18O3Si/c1-5-15(9-6-12-2,10-7-13-3)11-8-14-4/h5-11H,1H2,2-4H3. The van der Waals surface area contributed by atoms with E-state index in [4.69, 9.17) is 14.2 Å². The van der Waals surface area contributed by atoms with E-state index in [9.17, 15) is 0 Å². The minimum atomic E-state index is -1.99. The lowest BCUT2D eigenvalue weighted by molar-refractivity contribution is 0.337. The maximum Gasteiger partial charge on any atom is 0.159 e. The molecule has 0 aliphatic rings. The molecule has 0 spiro atoms. The molecule has 0 bridgehead atoms. The maximum absolute atomic E-state index is 4.92. The molecular weight excluding hydrogens is 208 g/mol. The lowest BCUT2D eigenvalue weighted by atomic mass is 11.1. The second-order valence-electron chi connectivity index (χ2n) is 2.82. The van der Waals surface area contributed by atoms with Crippen LogP contribution >= 0.6 is 0 Å². The third-order valence-corrected chi connectivity index (χ3v) is 4.68. The van der Waals surface area contributed by atoms with Crippen molar-refractivity contribution < 1.29 is 14.2 Å². The molecule has 0 radical (unpaired) electrons. The van der Waals surface area contributed by atoms with Gasteiger partial charge in [0.05, 0.1) is 40.1 Å². The monoisotopic (exact) mass is 226 g/mol. The van der Waals surface area contributed by atoms with Crippen LogP contribution in [0.15, 0.2) is 48.2 Å². The molecule has 15 heavy (non-hydrogen) atoms. The molecule has 0 aromatic rings. The Balaban J connectivity index is 4.91. The summed E-state index contributed by atoms with van der Waals surface area (Å²) in [4.78, 5) is 0. The van der Waals surface area contributed by atoms with Gasteiger partial charge in [0.15, 0.2) is 8.07 Å². The average molecular weight is 226 g/mol. The van der Waals surface area contributed by atoms with Gasteiger partial charge in [0.2, 0.25) is 0 Å². The van der Waals surface area contributed by atoms with E-state index in [0.717, 1.165) is 0 Å². The third-order valence-electron chi connectivity index (χ3n) is 1.83. The first-order valence-electron chi connectivity index (χ1n) is 4.49. The van der Waals surface area contributed by atoms with E-state index < -0.39 is 8.07 Å². The van der Waals surface area contributed by atoms with Crippen molar-refractivity contribution >= 4 is 8.07 Å². The van der Waals surface area contributed by atoms with E-state index in [-0.39, 0.29) is 0 Å². The molecule has 0 saturated heterocycles. The summed E-state index contributed by atoms with van der Waals surface area (Å²) in [5, 5.41) is 0. The Morgan fingerprint density at radius 2 is 1.13 bits per heavy atom. The first kappa shape index (κ1) is 13.6. The molecular formula is C11H18O3Si. The highest BCUT2D eigenvalue weighted by Gasteiger charge is 2.20. The second-order valence-corrected chi connectivity index (χ2v) is 6.23. The van der Waals surface area contributed by atoms with Gasteiger partial charge >= 0.3 is 0 Å². The summed E-state index contributed by atoms with van der Waals surface area (Å²) in [7, 11) is 2.84. The zero-order valence-corrected chi connectivity index (χ0v) is 10.5. The van der Waals surface area contributed by atoms with E-state index in [1.165, 1.54) is 0 Å². The van der Waals surface area contributed by atoms with Gasteiger partial charge in [-0.1, -0.05) is 5.70 Å². The van der Waals surface area contributed by atoms with Crippen molar-refractivity contribution in [3.05, 3.63) is 48.2 Å². The highest BCUT2D eigenvalue weighted by atomic mass is 28.3. The van der Waals surface area contributed by atoms with Crippen LogP contribution < -0.4 is 0 Å². The zero-order chi connectivity index (χ0) is 11.6. The molecule has 3 nitrogen and oxygen atoms in total. The Morgan fingerprint density at radius 3 is 1.33 bits per heavy atom. The Morgan fingerprint density at radius 1 is 0.800 bits per heavy atom. The minimum Gasteiger partial charge on any atom is -0.505 e. The molecule has 0 amide bonds. The SMILES string of the molecule is C=C[Si](C=COC)(C=COC)C=COC. The fourth-order valence-electron chi connectivity index (χ4n) is 0.928. The maximum atomic E-state index is 4.92. The van der Waals surface area contributed by atoms with Crippen molar-refractivity contribution in [2.45, 2.75) is 0 Å². The van der Waals surface area contributed by atoms with Crippen LogP contribution in [0.25, 0.3) is 0 Å². The molecule has 0 rings (SSSR count). The van der Waals surface area contributed by atoms with Crippen molar-refractivity contribution in [2.24, 2.45) is 0 Å². The molecule has 0 N–H and O–H groups in total. The largest absolute Gasteiger partial charge is 0.505 e. The topological polar surface area (TPSA) is 27.7 Å². The number of rotatable bonds is 7. The van der Waals surface area contributed by atoms with Crippen LogP contribution in [0.1, 0.15) is 0 Å². The first-order valence-corrected chi connectivity index (χ1v) is 6.80. The van der Waals surface area contributed by atoms with Gasteiger partial charge in [-0.05, 0) is 17.1 Å². The molecule has 0 fully saturated rings. The van der Waals surface area contributed by atoms with Gasteiger partial charge in [0.1, 0.15) is 0 Å². The molecule has 0 saturated carbocycles. The lowest BCUT2D eigenvalue weighted by Gasteiger charge is -2.14. The molecule has 0 aromatic heterocycles. The van der Waals surface area contributed by atoms with Crippen LogP contribution in [0, 0.1) is 0 Å². The van der Waals surface area contributed by atoms with E-state index in [0.29, 0.717) is 0 Å². The Hall–Kier alpha value is -1.42. The van der Waals surface area contributed by atoms with Gasteiger partial charge in [0, 0.05) is 0 Å². The van der Waals surface area contributed by atoms with E-state index in [1.54, 1.807) is 40.1 Å². The van der Waals surface area contributed by atoms with Gasteiger partial charge in [0.25, 0.3) is 0 Å². The average Bonchev–Trinajstić information content (AvgIpc) is 2.29. The first-order chi connectivity index (χ1) is 7.24. The predicted octanol–water partition coefficient (Wildman–Crippen LogP) is 2.26. The fraction of sp³-hybridized carbons (Fsp3) is 0.273. The third kappa shape index (κ3) is 5.12. The smallest absolute Gasteiger partial charge is 0.159 e. The molecule has 84 valence electrons. The van der Waals surface area contributed by atoms with Crippen LogP contribution in [-0.4, -0.2) is 29.4 Å². The number of methoxy groups -OCH3 is 3. The molecule has 0 aliphatic heterocycles. The fourth-order valence-corrected chi connectivity index (χ4v) is 2.79. The summed E-state index contributed by atoms with van der Waals surface area (Å²) in [5.41, 5.74) is 7.83. The van der Waals surface area contributed by atoms with Gasteiger partial charge < -0.3 is 14.2 Å². The summed E-state index contributed by atoms with van der Waals surface area (Å²) in [6.45, 7) is 3.83. The Kier molecular flexibility index (Phi) is 7.18. The number of hydrogen-bond acceptors (Lipinski definition) is 3. The molecule has 0 atom stereocenters. The van der Waals surface area contributed by atoms with E-state index in [2.05, 4.69) is 6.58 Å². The molecule has 0 aliphatic carbocycles. The van der Waals surface area contributed by atoms with Gasteiger partial charge in [-0.2, -0.15) is 0 Å². The van der Waals surface area contributed by atoms with Crippen molar-refractivity contribution in [3.8, 4) is 0 Å². The zero-order valence-electron chi connectivity index (χ0n) is 9.47. The van der Waals surface area contributed by atoms with Crippen LogP contribution in [0.5, 0.6) is 0 Å². The predicted molar refractivity (Wildman–Crippen MR) is 64.4 cm³/mol. The summed E-state index contributed by atoms with van der Waals surface area (Å²) < 4.78 is 14.7. The van der Waals surface area contributed by atoms with Crippen molar-refractivity contribution in [1.29, 1.82) is 0 Å². The van der Waals surface area contributed by atoms with Crippen LogP contribution in [0.2, 0.25) is 0 Å². The molecule has 0 heterocycles. The van der Waals surface area contributed by atoms with Crippen molar-refractivity contribution in [1.82, 2.24) is 0 Å². The summed E-state index contributed by atoms with van der Waals surface area (Å²) in [5.74, 6) is 0. The summed E-state index contributed by atoms with van der Waals surface area (Å²) >= 11 is 0. The molecule has 4 heteroatoms. The lowest BCUT2D eigenvalue weighted by Crippen LogP contribution is -2.25. The highest BCUT2D eigenvalue weighted by molar-refractivity contribution is 6.97. The summed E-state index contributed by atoms with van der Waals surface area (Å²) in [6, 6.07) is 0. The van der Waals surface area contributed by atoms with Gasteiger partial charge in [-0.25, -0.2) is 0 Å². The van der Waals surface area contributed by atoms with Gasteiger partial charge in [-0.3, -0.25) is 0 Å². The van der Waals surface area contributed by atoms with E-state index in [1.807, 2.05) is 22.8 Å². The summed E-state index contributed by atoms with van der Waals surface area (Å²) in [6.07, 6.45) is 4.94. The number of ether oxygens (including phenoxy) is 3. The quantitative estimate of drug-likeness (QED) is 0.492. The highest BCUT2D eigenvalue weighted by Crippen LogP contribution is 2.11. The van der Waals surface area contributed by atoms with Crippen LogP contribution in [0.4, 0.5) is 0 Å². The van der Waals surface area contributed by atoms with Gasteiger partial charge in [-0.15, -0.1) is 6.58 Å². The van der Waals surface area contributed by atoms with E-state index >= 15 is 0 Å². The van der Waals surface area contributed by atoms with Crippen molar-refractivity contribution in [2.75, 3.05) is 21.3 Å². The molecule has 0 aromatic carbocycles. The number of hydrogen-bond donors (Lipinski definition) is 0. The van der Waals surface area contributed by atoms with Crippen LogP contribution in [0.3, 0.4) is 0 Å². The normalized spacial score (nSPS) is 15.7. The van der Waals surface area contributed by atoms with Crippen LogP contribution in [-0.2, 0) is 14.2 Å². The second kappa shape index (κ2) is 7.93. The Labute approximate surface area is 92.4 Å².